The van der Waals surface area contributed by atoms with Gasteiger partial charge in [-0.25, -0.2) is 0 Å². The first-order chi connectivity index (χ1) is 2.00. The van der Waals surface area contributed by atoms with Gasteiger partial charge in [-0.15, -0.1) is 0 Å². The average Bonchev–Trinajstić information content (AvgIpc) is 0.722. The summed E-state index contributed by atoms with van der Waals surface area (Å²) >= 11 is 0. The quantitative estimate of drug-likeness (QED) is 0.572. The standard InChI is InChI=1S/H2O4S.Tb.Y/c1-5(2,3)4;;/h(H2,1,2,3,4);;. The molecule has 2 radical (unpaired) electrons. The Morgan fingerprint density at radius 1 is 1.14 bits per heavy atom. The fourth-order valence-electron chi connectivity index (χ4n) is 0. The van der Waals surface area contributed by atoms with E-state index in [4.69, 9.17) is 17.5 Å². The third kappa shape index (κ3) is 63.4. The topological polar surface area (TPSA) is 74.6 Å². The van der Waals surface area contributed by atoms with Crippen LogP contribution in [-0.2, 0) is 43.1 Å². The predicted octanol–water partition coefficient (Wildman–Crippen LogP) is -0.655. The first-order valence-corrected chi connectivity index (χ1v) is 2.10. The summed E-state index contributed by atoms with van der Waals surface area (Å²) in [5.74, 6) is 0. The molecule has 0 unspecified atom stereocenters. The number of hydrogen-bond donors (Lipinski definition) is 2. The van der Waals surface area contributed by atoms with Crippen LogP contribution in [0.5, 0.6) is 0 Å². The summed E-state index contributed by atoms with van der Waals surface area (Å²) < 4.78 is 31.6. The first-order valence-electron chi connectivity index (χ1n) is 0.698. The molecular weight excluding hydrogens is 344 g/mol. The van der Waals surface area contributed by atoms with Crippen LogP contribution < -0.4 is 0 Å². The molecule has 0 fully saturated rings. The molecule has 7 heavy (non-hydrogen) atoms. The van der Waals surface area contributed by atoms with E-state index in [9.17, 15) is 0 Å². The van der Waals surface area contributed by atoms with Crippen molar-refractivity contribution in [2.45, 2.75) is 0 Å². The Kier molecular flexibility index (Phi) is 14.7. The largest absolute Gasteiger partial charge is 0.394 e. The fourth-order valence-corrected chi connectivity index (χ4v) is 0. The van der Waals surface area contributed by atoms with Crippen molar-refractivity contribution in [1.82, 2.24) is 0 Å². The van der Waals surface area contributed by atoms with Crippen molar-refractivity contribution in [1.29, 1.82) is 0 Å². The van der Waals surface area contributed by atoms with Crippen molar-refractivity contribution in [3.8, 4) is 0 Å². The molecule has 0 amide bonds. The van der Waals surface area contributed by atoms with Gasteiger partial charge in [-0.2, -0.15) is 8.42 Å². The van der Waals surface area contributed by atoms with Crippen molar-refractivity contribution in [3.63, 3.8) is 0 Å². The number of rotatable bonds is 0. The van der Waals surface area contributed by atoms with E-state index < -0.39 is 10.4 Å². The Morgan fingerprint density at radius 2 is 1.14 bits per heavy atom. The second-order valence-corrected chi connectivity index (χ2v) is 1.34. The van der Waals surface area contributed by atoms with Gasteiger partial charge in [0.25, 0.3) is 0 Å². The molecule has 0 aliphatic rings. The van der Waals surface area contributed by atoms with Gasteiger partial charge in [0, 0.05) is 71.3 Å². The second-order valence-electron chi connectivity index (χ2n) is 0.448. The maximum absolute atomic E-state index is 8.74. The molecule has 0 bridgehead atoms. The Bertz CT molecular complexity index is 94.9. The minimum absolute atomic E-state index is 0. The van der Waals surface area contributed by atoms with Crippen molar-refractivity contribution in [2.75, 3.05) is 0 Å². The third-order valence-corrected chi connectivity index (χ3v) is 0. The van der Waals surface area contributed by atoms with Crippen molar-refractivity contribution >= 4 is 10.4 Å². The molecule has 0 saturated carbocycles. The molecule has 0 saturated heterocycles. The molecule has 2 N–H and O–H groups in total. The SMILES string of the molecule is O=S(=O)(O)O.[Tb].[Y]. The van der Waals surface area contributed by atoms with Gasteiger partial charge in [-0.3, -0.25) is 9.11 Å². The molecule has 0 spiro atoms. The van der Waals surface area contributed by atoms with Crippen LogP contribution in [0.2, 0.25) is 0 Å². The Hall–Kier alpha value is 2.26. The van der Waals surface area contributed by atoms with Gasteiger partial charge < -0.3 is 0 Å². The van der Waals surface area contributed by atoms with E-state index in [2.05, 4.69) is 0 Å². The van der Waals surface area contributed by atoms with E-state index in [1.54, 1.807) is 0 Å². The summed E-state index contributed by atoms with van der Waals surface area (Å²) in [7, 11) is -4.67. The van der Waals surface area contributed by atoms with E-state index in [-0.39, 0.29) is 71.3 Å². The van der Waals surface area contributed by atoms with Gasteiger partial charge in [-0.1, -0.05) is 0 Å². The molecule has 0 aromatic heterocycles. The zero-order valence-electron chi connectivity index (χ0n) is 3.03. The minimum atomic E-state index is -4.67. The third-order valence-electron chi connectivity index (χ3n) is 0. The molecule has 44 valence electrons. The summed E-state index contributed by atoms with van der Waals surface area (Å²) in [5, 5.41) is 0. The summed E-state index contributed by atoms with van der Waals surface area (Å²) in [6.45, 7) is 0. The van der Waals surface area contributed by atoms with Crippen LogP contribution in [0.1, 0.15) is 0 Å². The average molecular weight is 346 g/mol. The van der Waals surface area contributed by atoms with Crippen LogP contribution in [0.4, 0.5) is 0 Å². The normalized spacial score (nSPS) is 8.29. The first kappa shape index (κ1) is 16.1. The molecule has 0 atom stereocenters. The van der Waals surface area contributed by atoms with E-state index >= 15 is 0 Å². The summed E-state index contributed by atoms with van der Waals surface area (Å²) in [4.78, 5) is 0. The minimum Gasteiger partial charge on any atom is -0.264 e. The monoisotopic (exact) mass is 346 g/mol. The maximum Gasteiger partial charge on any atom is 0.394 e. The van der Waals surface area contributed by atoms with Crippen molar-refractivity contribution in [3.05, 3.63) is 0 Å². The maximum atomic E-state index is 8.74. The molecule has 0 rings (SSSR count). The van der Waals surface area contributed by atoms with Crippen molar-refractivity contribution in [2.24, 2.45) is 0 Å². The van der Waals surface area contributed by atoms with Gasteiger partial charge in [0.2, 0.25) is 0 Å². The summed E-state index contributed by atoms with van der Waals surface area (Å²) in [6.07, 6.45) is 0. The Balaban J connectivity index is -0.0000000800. The van der Waals surface area contributed by atoms with Crippen LogP contribution in [0.15, 0.2) is 0 Å². The van der Waals surface area contributed by atoms with Gasteiger partial charge in [0.15, 0.2) is 0 Å². The van der Waals surface area contributed by atoms with Gasteiger partial charge in [0.05, 0.1) is 0 Å². The molecule has 4 nitrogen and oxygen atoms in total. The van der Waals surface area contributed by atoms with Gasteiger partial charge >= 0.3 is 10.4 Å². The molecule has 0 aromatic carbocycles. The smallest absolute Gasteiger partial charge is 0.264 e. The predicted molar refractivity (Wildman–Crippen MR) is 14.2 cm³/mol. The zero-order chi connectivity index (χ0) is 4.50. The Morgan fingerprint density at radius 3 is 1.14 bits per heavy atom. The summed E-state index contributed by atoms with van der Waals surface area (Å²) in [6, 6.07) is 0. The molecule has 0 aliphatic carbocycles. The van der Waals surface area contributed by atoms with E-state index in [1.807, 2.05) is 0 Å². The van der Waals surface area contributed by atoms with Crippen LogP contribution in [0, 0.1) is 38.6 Å². The Labute approximate surface area is 97.3 Å². The van der Waals surface area contributed by atoms with E-state index in [1.165, 1.54) is 0 Å². The molecule has 7 heteroatoms. The fraction of sp³-hybridized carbons (Fsp3) is 0. The van der Waals surface area contributed by atoms with E-state index in [0.29, 0.717) is 0 Å². The van der Waals surface area contributed by atoms with Crippen LogP contribution >= 0.6 is 0 Å². The van der Waals surface area contributed by atoms with Gasteiger partial charge in [0.1, 0.15) is 0 Å². The van der Waals surface area contributed by atoms with Crippen molar-refractivity contribution < 1.29 is 88.8 Å². The molecule has 0 aliphatic heterocycles. The van der Waals surface area contributed by atoms with Crippen LogP contribution in [0.25, 0.3) is 0 Å². The van der Waals surface area contributed by atoms with Crippen LogP contribution in [-0.4, -0.2) is 17.5 Å². The number of hydrogen-bond acceptors (Lipinski definition) is 2. The second kappa shape index (κ2) is 6.38. The molecular formula is H2O4STbY. The molecule has 0 heterocycles. The van der Waals surface area contributed by atoms with Gasteiger partial charge in [-0.05, 0) is 0 Å². The zero-order valence-corrected chi connectivity index (χ0v) is 8.82. The molecule has 0 aromatic rings. The van der Waals surface area contributed by atoms with Crippen LogP contribution in [0.3, 0.4) is 0 Å². The van der Waals surface area contributed by atoms with E-state index in [0.717, 1.165) is 0 Å². The summed E-state index contributed by atoms with van der Waals surface area (Å²) in [5.41, 5.74) is 0.